The Morgan fingerprint density at radius 1 is 1.27 bits per heavy atom. The van der Waals surface area contributed by atoms with E-state index in [-0.39, 0.29) is 40.4 Å². The zero-order chi connectivity index (χ0) is 21.9. The molecule has 0 radical (unpaired) electrons. The van der Waals surface area contributed by atoms with E-state index in [4.69, 9.17) is 26.5 Å². The number of sulfonamides is 1. The minimum Gasteiger partial charge on any atom is -0.360 e. The van der Waals surface area contributed by atoms with Crippen molar-refractivity contribution in [2.75, 3.05) is 0 Å². The Bertz CT molecular complexity index is 1200. The van der Waals surface area contributed by atoms with Crippen LogP contribution in [0.2, 0.25) is 5.02 Å². The highest BCUT2D eigenvalue weighted by Gasteiger charge is 2.25. The number of aryl methyl sites for hydroxylation is 1. The summed E-state index contributed by atoms with van der Waals surface area (Å²) in [5.74, 6) is -0.899. The number of benzene rings is 2. The molecule has 0 spiro atoms. The molecule has 11 heteroatoms. The number of hydrogen-bond donors (Lipinski definition) is 3. The molecule has 0 saturated heterocycles. The van der Waals surface area contributed by atoms with Gasteiger partial charge in [0.15, 0.2) is 0 Å². The molecular formula is C19H17ClFN3O5S. The molecule has 0 unspecified atom stereocenters. The Morgan fingerprint density at radius 2 is 2.00 bits per heavy atom. The highest BCUT2D eigenvalue weighted by molar-refractivity contribution is 7.89. The highest BCUT2D eigenvalue weighted by atomic mass is 35.5. The first kappa shape index (κ1) is 21.9. The van der Waals surface area contributed by atoms with E-state index in [1.54, 1.807) is 12.1 Å². The number of aromatic nitrogens is 1. The summed E-state index contributed by atoms with van der Waals surface area (Å²) in [6.45, 7) is 0. The quantitative estimate of drug-likeness (QED) is 0.371. The van der Waals surface area contributed by atoms with Crippen LogP contribution in [0.15, 0.2) is 51.9 Å². The molecule has 0 aliphatic heterocycles. The van der Waals surface area contributed by atoms with Crippen molar-refractivity contribution in [3.8, 4) is 22.4 Å². The number of nitrogens with zero attached hydrogens (tertiary/aromatic N) is 1. The summed E-state index contributed by atoms with van der Waals surface area (Å²) in [5.41, 5.74) is 2.78. The maximum absolute atomic E-state index is 13.6. The van der Waals surface area contributed by atoms with Gasteiger partial charge in [0.1, 0.15) is 17.3 Å². The summed E-state index contributed by atoms with van der Waals surface area (Å²) >= 11 is 5.89. The first-order valence-electron chi connectivity index (χ1n) is 8.71. The van der Waals surface area contributed by atoms with Crippen LogP contribution in [0.25, 0.3) is 22.4 Å². The standard InChI is InChI=1S/C19H17ClFN3O5S/c20-13-10-11(8-9-14(13)21)19-18(12-4-1-2-6-16(12)30(22,27)28)15(29-24-19)5-3-7-17(25)23-26/h1-2,4,6,8-10,26H,3,5,7H2,(H,23,25)(H2,22,27,28). The van der Waals surface area contributed by atoms with Gasteiger partial charge in [0, 0.05) is 24.0 Å². The van der Waals surface area contributed by atoms with Gasteiger partial charge in [0.05, 0.1) is 15.5 Å². The number of rotatable bonds is 7. The van der Waals surface area contributed by atoms with Crippen molar-refractivity contribution in [2.45, 2.75) is 24.2 Å². The second kappa shape index (κ2) is 8.92. The van der Waals surface area contributed by atoms with E-state index in [9.17, 15) is 17.6 Å². The molecule has 3 rings (SSSR count). The van der Waals surface area contributed by atoms with Crippen LogP contribution < -0.4 is 10.6 Å². The summed E-state index contributed by atoms with van der Waals surface area (Å²) in [7, 11) is -4.08. The Kier molecular flexibility index (Phi) is 6.52. The molecule has 0 bridgehead atoms. The molecule has 158 valence electrons. The van der Waals surface area contributed by atoms with Crippen LogP contribution in [0.3, 0.4) is 0 Å². The third-order valence-corrected chi connectivity index (χ3v) is 5.61. The molecule has 1 heterocycles. The lowest BCUT2D eigenvalue weighted by Gasteiger charge is -2.10. The minimum atomic E-state index is -4.08. The zero-order valence-corrected chi connectivity index (χ0v) is 17.0. The van der Waals surface area contributed by atoms with E-state index in [1.165, 1.54) is 29.7 Å². The number of primary sulfonamides is 1. The van der Waals surface area contributed by atoms with Crippen LogP contribution in [0.1, 0.15) is 18.6 Å². The van der Waals surface area contributed by atoms with E-state index >= 15 is 0 Å². The Hall–Kier alpha value is -2.79. The van der Waals surface area contributed by atoms with Crippen molar-refractivity contribution in [3.05, 3.63) is 59.1 Å². The summed E-state index contributed by atoms with van der Waals surface area (Å²) < 4.78 is 43.3. The summed E-state index contributed by atoms with van der Waals surface area (Å²) in [6, 6.07) is 9.99. The number of carbonyl (C=O) groups excluding carboxylic acids is 1. The number of amides is 1. The topological polar surface area (TPSA) is 136 Å². The Balaban J connectivity index is 2.16. The first-order valence-corrected chi connectivity index (χ1v) is 10.6. The second-order valence-electron chi connectivity index (χ2n) is 6.39. The van der Waals surface area contributed by atoms with Crippen LogP contribution in [0, 0.1) is 5.82 Å². The van der Waals surface area contributed by atoms with Gasteiger partial charge in [-0.1, -0.05) is 35.0 Å². The lowest BCUT2D eigenvalue weighted by Crippen LogP contribution is -2.18. The van der Waals surface area contributed by atoms with Crippen molar-refractivity contribution >= 4 is 27.5 Å². The van der Waals surface area contributed by atoms with Crippen LogP contribution in [0.5, 0.6) is 0 Å². The van der Waals surface area contributed by atoms with Gasteiger partial charge >= 0.3 is 0 Å². The second-order valence-corrected chi connectivity index (χ2v) is 8.32. The van der Waals surface area contributed by atoms with Crippen molar-refractivity contribution in [3.63, 3.8) is 0 Å². The van der Waals surface area contributed by atoms with Crippen molar-refractivity contribution in [1.82, 2.24) is 10.6 Å². The zero-order valence-electron chi connectivity index (χ0n) is 15.4. The van der Waals surface area contributed by atoms with E-state index < -0.39 is 21.7 Å². The van der Waals surface area contributed by atoms with Crippen molar-refractivity contribution in [1.29, 1.82) is 0 Å². The number of halogens is 2. The third-order valence-electron chi connectivity index (χ3n) is 4.35. The molecular weight excluding hydrogens is 437 g/mol. The molecule has 1 aromatic heterocycles. The van der Waals surface area contributed by atoms with E-state index in [0.717, 1.165) is 6.07 Å². The normalized spacial score (nSPS) is 11.5. The van der Waals surface area contributed by atoms with Gasteiger partial charge in [-0.15, -0.1) is 0 Å². The van der Waals surface area contributed by atoms with Gasteiger partial charge < -0.3 is 4.52 Å². The number of carbonyl (C=O) groups is 1. The van der Waals surface area contributed by atoms with Crippen LogP contribution in [0.4, 0.5) is 4.39 Å². The molecule has 8 nitrogen and oxygen atoms in total. The molecule has 0 fully saturated rings. The SMILES string of the molecule is NS(=O)(=O)c1ccccc1-c1c(-c2ccc(F)c(Cl)c2)noc1CCCC(=O)NO. The molecule has 0 aliphatic rings. The summed E-state index contributed by atoms with van der Waals surface area (Å²) in [4.78, 5) is 11.1. The van der Waals surface area contributed by atoms with Gasteiger partial charge in [-0.05, 0) is 30.7 Å². The van der Waals surface area contributed by atoms with E-state index in [2.05, 4.69) is 5.16 Å². The van der Waals surface area contributed by atoms with Gasteiger partial charge in [-0.2, -0.15) is 0 Å². The van der Waals surface area contributed by atoms with Gasteiger partial charge in [0.25, 0.3) is 0 Å². The molecule has 0 aliphatic carbocycles. The molecule has 30 heavy (non-hydrogen) atoms. The Labute approximate surface area is 176 Å². The average molecular weight is 454 g/mol. The Morgan fingerprint density at radius 3 is 2.67 bits per heavy atom. The maximum atomic E-state index is 13.6. The molecule has 2 aromatic carbocycles. The predicted molar refractivity (Wildman–Crippen MR) is 107 cm³/mol. The molecule has 0 saturated carbocycles. The van der Waals surface area contributed by atoms with Gasteiger partial charge in [0.2, 0.25) is 15.9 Å². The van der Waals surface area contributed by atoms with Crippen molar-refractivity contribution in [2.24, 2.45) is 5.14 Å². The van der Waals surface area contributed by atoms with Crippen LogP contribution in [-0.2, 0) is 21.2 Å². The number of nitrogens with one attached hydrogen (secondary N) is 1. The fourth-order valence-corrected chi connectivity index (χ4v) is 3.93. The smallest absolute Gasteiger partial charge is 0.243 e. The largest absolute Gasteiger partial charge is 0.360 e. The summed E-state index contributed by atoms with van der Waals surface area (Å²) in [6.07, 6.45) is 0.505. The number of hydrogen-bond acceptors (Lipinski definition) is 6. The maximum Gasteiger partial charge on any atom is 0.243 e. The summed E-state index contributed by atoms with van der Waals surface area (Å²) in [5, 5.41) is 17.9. The first-order chi connectivity index (χ1) is 14.2. The van der Waals surface area contributed by atoms with Gasteiger partial charge in [-0.25, -0.2) is 23.4 Å². The minimum absolute atomic E-state index is 0.00514. The predicted octanol–water partition coefficient (Wildman–Crippen LogP) is 3.28. The third kappa shape index (κ3) is 4.68. The van der Waals surface area contributed by atoms with Crippen LogP contribution >= 0.6 is 11.6 Å². The van der Waals surface area contributed by atoms with Crippen molar-refractivity contribution < 1.29 is 27.3 Å². The van der Waals surface area contributed by atoms with Gasteiger partial charge in [-0.3, -0.25) is 10.0 Å². The molecule has 0 atom stereocenters. The average Bonchev–Trinajstić information content (AvgIpc) is 3.13. The molecule has 4 N–H and O–H groups in total. The van der Waals surface area contributed by atoms with E-state index in [1.807, 2.05) is 0 Å². The van der Waals surface area contributed by atoms with E-state index in [0.29, 0.717) is 16.9 Å². The number of nitrogens with two attached hydrogens (primary N) is 1. The monoisotopic (exact) mass is 453 g/mol. The fourth-order valence-electron chi connectivity index (χ4n) is 3.00. The molecule has 3 aromatic rings. The van der Waals surface area contributed by atoms with Crippen LogP contribution in [-0.4, -0.2) is 24.7 Å². The lowest BCUT2D eigenvalue weighted by atomic mass is 9.97. The fraction of sp³-hybridized carbons (Fsp3) is 0.158. The highest BCUT2D eigenvalue weighted by Crippen LogP contribution is 2.39. The lowest BCUT2D eigenvalue weighted by molar-refractivity contribution is -0.129. The number of hydroxylamine groups is 1. The molecule has 1 amide bonds.